The number of rotatable bonds is 6. The lowest BCUT2D eigenvalue weighted by Gasteiger charge is -2.08. The number of hydrogen-bond donors (Lipinski definition) is 2. The summed E-state index contributed by atoms with van der Waals surface area (Å²) in [4.78, 5) is 17.9. The standard InChI is InChI=1S/C24H31N5/c1-7-16(5)26-19(8-2)23-22(18-11-13-20(25-9-3)15(4)14-18)28-24(29-23)21-12-10-17(6)27-21/h7,9,11,13-14,21,27H,6,8,10,12H2,1-5H3,(H,28,29)/b16-7-,25-9?,26-19?. The molecular weight excluding hydrogens is 358 g/mol. The van der Waals surface area contributed by atoms with Crippen LogP contribution in [0, 0.1) is 6.92 Å². The first-order valence-electron chi connectivity index (χ1n) is 10.3. The summed E-state index contributed by atoms with van der Waals surface area (Å²) in [5.41, 5.74) is 8.21. The molecule has 3 rings (SSSR count). The number of aromatic amines is 1. The van der Waals surface area contributed by atoms with Crippen LogP contribution in [0.25, 0.3) is 11.3 Å². The first kappa shape index (κ1) is 20.8. The van der Waals surface area contributed by atoms with Gasteiger partial charge < -0.3 is 10.3 Å². The zero-order valence-electron chi connectivity index (χ0n) is 18.1. The number of H-pyrrole nitrogens is 1. The minimum absolute atomic E-state index is 0.168. The quantitative estimate of drug-likeness (QED) is 0.580. The third-order valence-electron chi connectivity index (χ3n) is 5.26. The second-order valence-electron chi connectivity index (χ2n) is 7.42. The van der Waals surface area contributed by atoms with Gasteiger partial charge in [0.25, 0.3) is 0 Å². The minimum atomic E-state index is 0.168. The van der Waals surface area contributed by atoms with Crippen LogP contribution in [0.3, 0.4) is 0 Å². The van der Waals surface area contributed by atoms with Gasteiger partial charge in [0.2, 0.25) is 0 Å². The van der Waals surface area contributed by atoms with Crippen LogP contribution in [0.5, 0.6) is 0 Å². The van der Waals surface area contributed by atoms with Crippen molar-refractivity contribution < 1.29 is 0 Å². The van der Waals surface area contributed by atoms with Crippen LogP contribution < -0.4 is 5.32 Å². The maximum absolute atomic E-state index is 5.02. The Labute approximate surface area is 173 Å². The molecule has 0 bridgehead atoms. The van der Waals surface area contributed by atoms with E-state index in [-0.39, 0.29) is 6.04 Å². The number of aryl methyl sites for hydroxylation is 1. The molecule has 2 aromatic rings. The van der Waals surface area contributed by atoms with E-state index in [4.69, 9.17) is 9.98 Å². The number of nitrogens with one attached hydrogen (secondary N) is 2. The average Bonchev–Trinajstić information content (AvgIpc) is 3.34. The molecule has 1 aliphatic rings. The largest absolute Gasteiger partial charge is 0.379 e. The molecule has 0 radical (unpaired) electrons. The molecule has 1 aliphatic heterocycles. The Bertz CT molecular complexity index is 991. The molecule has 1 aromatic carbocycles. The highest BCUT2D eigenvalue weighted by Crippen LogP contribution is 2.32. The molecule has 152 valence electrons. The van der Waals surface area contributed by atoms with Gasteiger partial charge in [0.1, 0.15) is 5.82 Å². The molecule has 5 heteroatoms. The Kier molecular flexibility index (Phi) is 6.47. The van der Waals surface area contributed by atoms with Gasteiger partial charge in [-0.3, -0.25) is 9.98 Å². The van der Waals surface area contributed by atoms with Gasteiger partial charge in [-0.05, 0) is 64.7 Å². The molecule has 1 unspecified atom stereocenters. The molecule has 1 aromatic heterocycles. The van der Waals surface area contributed by atoms with Crippen molar-refractivity contribution in [3.05, 3.63) is 59.3 Å². The normalized spacial score (nSPS) is 18.0. The van der Waals surface area contributed by atoms with Crippen LogP contribution in [0.15, 0.2) is 52.2 Å². The second-order valence-corrected chi connectivity index (χ2v) is 7.42. The smallest absolute Gasteiger partial charge is 0.129 e. The van der Waals surface area contributed by atoms with E-state index in [1.165, 1.54) is 0 Å². The Morgan fingerprint density at radius 1 is 1.34 bits per heavy atom. The maximum atomic E-state index is 5.02. The van der Waals surface area contributed by atoms with E-state index in [0.717, 1.165) is 70.4 Å². The van der Waals surface area contributed by atoms with Gasteiger partial charge in [-0.25, -0.2) is 4.98 Å². The molecule has 2 N–H and O–H groups in total. The molecule has 2 heterocycles. The molecule has 1 atom stereocenters. The lowest BCUT2D eigenvalue weighted by Crippen LogP contribution is -2.13. The van der Waals surface area contributed by atoms with E-state index < -0.39 is 0 Å². The second kappa shape index (κ2) is 9.03. The summed E-state index contributed by atoms with van der Waals surface area (Å²) >= 11 is 0. The Morgan fingerprint density at radius 3 is 2.72 bits per heavy atom. The first-order chi connectivity index (χ1) is 14.0. The Balaban J connectivity index is 2.13. The van der Waals surface area contributed by atoms with Crippen molar-refractivity contribution in [3.63, 3.8) is 0 Å². The number of imidazole rings is 1. The molecule has 0 amide bonds. The monoisotopic (exact) mass is 389 g/mol. The van der Waals surface area contributed by atoms with E-state index in [2.05, 4.69) is 53.9 Å². The molecule has 1 saturated heterocycles. The summed E-state index contributed by atoms with van der Waals surface area (Å²) in [5.74, 6) is 0.946. The molecular formula is C24H31N5. The van der Waals surface area contributed by atoms with Crippen molar-refractivity contribution in [1.82, 2.24) is 15.3 Å². The van der Waals surface area contributed by atoms with E-state index >= 15 is 0 Å². The van der Waals surface area contributed by atoms with E-state index in [1.54, 1.807) is 0 Å². The van der Waals surface area contributed by atoms with Gasteiger partial charge in [0.05, 0.1) is 28.8 Å². The number of benzene rings is 1. The zero-order chi connectivity index (χ0) is 21.0. The Hall–Kier alpha value is -2.95. The number of allylic oxidation sites excluding steroid dienone is 3. The molecule has 5 nitrogen and oxygen atoms in total. The van der Waals surface area contributed by atoms with Crippen LogP contribution in [-0.4, -0.2) is 21.9 Å². The van der Waals surface area contributed by atoms with Gasteiger partial charge in [0, 0.05) is 23.2 Å². The van der Waals surface area contributed by atoms with Crippen molar-refractivity contribution in [2.75, 3.05) is 0 Å². The summed E-state index contributed by atoms with van der Waals surface area (Å²) in [6, 6.07) is 6.47. The van der Waals surface area contributed by atoms with Gasteiger partial charge in [-0.1, -0.05) is 25.6 Å². The SMILES string of the molecule is C=C1CCC(c2nc(-c3ccc(N=CC)c(C)c3)c(C(CC)=N/C(C)=C\C)[nH]2)N1. The number of aliphatic imine (C=N–C) groups is 2. The summed E-state index contributed by atoms with van der Waals surface area (Å²) < 4.78 is 0. The predicted octanol–water partition coefficient (Wildman–Crippen LogP) is 6.17. The third-order valence-corrected chi connectivity index (χ3v) is 5.26. The van der Waals surface area contributed by atoms with Crippen LogP contribution in [0.2, 0.25) is 0 Å². The van der Waals surface area contributed by atoms with E-state index in [1.807, 2.05) is 33.1 Å². The molecule has 0 aliphatic carbocycles. The molecule has 0 saturated carbocycles. The predicted molar refractivity (Wildman–Crippen MR) is 123 cm³/mol. The number of nitrogens with zero attached hydrogens (tertiary/aromatic N) is 3. The van der Waals surface area contributed by atoms with Crippen molar-refractivity contribution >= 4 is 17.6 Å². The Morgan fingerprint density at radius 2 is 2.14 bits per heavy atom. The van der Waals surface area contributed by atoms with Crippen molar-refractivity contribution in [2.24, 2.45) is 9.98 Å². The molecule has 1 fully saturated rings. The average molecular weight is 390 g/mol. The summed E-state index contributed by atoms with van der Waals surface area (Å²) in [6.45, 7) is 14.2. The highest BCUT2D eigenvalue weighted by molar-refractivity contribution is 6.04. The van der Waals surface area contributed by atoms with Crippen molar-refractivity contribution in [3.8, 4) is 11.3 Å². The first-order valence-corrected chi connectivity index (χ1v) is 10.3. The fourth-order valence-electron chi connectivity index (χ4n) is 3.56. The highest BCUT2D eigenvalue weighted by Gasteiger charge is 2.25. The van der Waals surface area contributed by atoms with Crippen LogP contribution >= 0.6 is 0 Å². The summed E-state index contributed by atoms with van der Waals surface area (Å²) in [5, 5.41) is 3.45. The number of hydrogen-bond acceptors (Lipinski definition) is 4. The van der Waals surface area contributed by atoms with Crippen LogP contribution in [-0.2, 0) is 0 Å². The van der Waals surface area contributed by atoms with Crippen LogP contribution in [0.1, 0.15) is 70.1 Å². The van der Waals surface area contributed by atoms with E-state index in [0.29, 0.717) is 0 Å². The molecule has 29 heavy (non-hydrogen) atoms. The van der Waals surface area contributed by atoms with Crippen molar-refractivity contribution in [1.29, 1.82) is 0 Å². The number of aromatic nitrogens is 2. The molecule has 0 spiro atoms. The van der Waals surface area contributed by atoms with E-state index in [9.17, 15) is 0 Å². The minimum Gasteiger partial charge on any atom is -0.379 e. The third kappa shape index (κ3) is 4.56. The fraction of sp³-hybridized carbons (Fsp3) is 0.375. The maximum Gasteiger partial charge on any atom is 0.129 e. The highest BCUT2D eigenvalue weighted by atomic mass is 15.1. The summed E-state index contributed by atoms with van der Waals surface area (Å²) in [7, 11) is 0. The van der Waals surface area contributed by atoms with Gasteiger partial charge >= 0.3 is 0 Å². The summed E-state index contributed by atoms with van der Waals surface area (Å²) in [6.07, 6.45) is 6.64. The van der Waals surface area contributed by atoms with Crippen molar-refractivity contribution in [2.45, 2.75) is 59.9 Å². The topological polar surface area (TPSA) is 65.4 Å². The fourth-order valence-corrected chi connectivity index (χ4v) is 3.56. The van der Waals surface area contributed by atoms with Crippen LogP contribution in [0.4, 0.5) is 5.69 Å². The van der Waals surface area contributed by atoms with Gasteiger partial charge in [-0.15, -0.1) is 0 Å². The van der Waals surface area contributed by atoms with Gasteiger partial charge in [-0.2, -0.15) is 0 Å². The lowest BCUT2D eigenvalue weighted by molar-refractivity contribution is 0.626. The lowest BCUT2D eigenvalue weighted by atomic mass is 10.0. The van der Waals surface area contributed by atoms with Gasteiger partial charge in [0.15, 0.2) is 0 Å². The zero-order valence-corrected chi connectivity index (χ0v) is 18.1.